The summed E-state index contributed by atoms with van der Waals surface area (Å²) in [7, 11) is 1.95. The molecule has 0 amide bonds. The van der Waals surface area contributed by atoms with Crippen LogP contribution in [0.5, 0.6) is 0 Å². The van der Waals surface area contributed by atoms with Crippen LogP contribution in [0.15, 0.2) is 35.1 Å². The van der Waals surface area contributed by atoms with Crippen LogP contribution in [0.1, 0.15) is 21.4 Å². The minimum atomic E-state index is -0.167. The third kappa shape index (κ3) is 2.22. The molecule has 0 aliphatic heterocycles. The number of imidazole rings is 1. The van der Waals surface area contributed by atoms with E-state index in [0.717, 1.165) is 16.6 Å². The summed E-state index contributed by atoms with van der Waals surface area (Å²) in [4.78, 5) is 19.4. The van der Waals surface area contributed by atoms with Gasteiger partial charge < -0.3 is 15.3 Å². The average Bonchev–Trinajstić information content (AvgIpc) is 2.95. The third-order valence-corrected chi connectivity index (χ3v) is 4.27. The lowest BCUT2D eigenvalue weighted by atomic mass is 10.0. The Morgan fingerprint density at radius 3 is 2.63 bits per heavy atom. The van der Waals surface area contributed by atoms with Crippen molar-refractivity contribution in [2.24, 2.45) is 0 Å². The molecule has 1 aromatic carbocycles. The molecule has 3 rings (SSSR count). The Morgan fingerprint density at radius 2 is 1.95 bits per heavy atom. The number of hydrogen-bond donors (Lipinski definition) is 3. The van der Waals surface area contributed by atoms with Crippen LogP contribution < -0.4 is 11.0 Å². The highest BCUT2D eigenvalue weighted by atomic mass is 32.1. The number of aromatic nitrogens is 2. The normalized spacial score (nSPS) is 12.9. The van der Waals surface area contributed by atoms with Gasteiger partial charge in [-0.15, -0.1) is 11.3 Å². The van der Waals surface area contributed by atoms with Crippen molar-refractivity contribution < 1.29 is 0 Å². The van der Waals surface area contributed by atoms with Gasteiger partial charge in [-0.05, 0) is 43.8 Å². The molecule has 98 valence electrons. The minimum Gasteiger partial charge on any atom is -0.309 e. The topological polar surface area (TPSA) is 60.7 Å². The number of aromatic amines is 2. The first kappa shape index (κ1) is 12.2. The zero-order valence-electron chi connectivity index (χ0n) is 10.8. The molecule has 1 unspecified atom stereocenters. The summed E-state index contributed by atoms with van der Waals surface area (Å²) < 4.78 is 0. The lowest BCUT2D eigenvalue weighted by molar-refractivity contribution is 0.704. The van der Waals surface area contributed by atoms with Gasteiger partial charge in [0, 0.05) is 9.75 Å². The average molecular weight is 273 g/mol. The van der Waals surface area contributed by atoms with Crippen LogP contribution in [0.3, 0.4) is 0 Å². The first-order chi connectivity index (χ1) is 9.17. The lowest BCUT2D eigenvalue weighted by Gasteiger charge is -2.15. The van der Waals surface area contributed by atoms with Gasteiger partial charge in [0.15, 0.2) is 0 Å². The second-order valence-electron chi connectivity index (χ2n) is 4.55. The summed E-state index contributed by atoms with van der Waals surface area (Å²) in [6, 6.07) is 10.4. The highest BCUT2D eigenvalue weighted by Gasteiger charge is 2.14. The van der Waals surface area contributed by atoms with E-state index in [1.807, 2.05) is 25.2 Å². The van der Waals surface area contributed by atoms with Crippen LogP contribution in [-0.2, 0) is 0 Å². The minimum absolute atomic E-state index is 0.154. The number of rotatable bonds is 3. The molecule has 5 heteroatoms. The number of H-pyrrole nitrogens is 2. The van der Waals surface area contributed by atoms with E-state index in [1.165, 1.54) is 9.75 Å². The second kappa shape index (κ2) is 4.68. The Kier molecular flexibility index (Phi) is 3.00. The molecule has 0 aliphatic carbocycles. The van der Waals surface area contributed by atoms with Crippen molar-refractivity contribution in [1.82, 2.24) is 15.3 Å². The van der Waals surface area contributed by atoms with Crippen molar-refractivity contribution >= 4 is 22.4 Å². The number of hydrogen-bond acceptors (Lipinski definition) is 3. The van der Waals surface area contributed by atoms with Crippen LogP contribution in [0.4, 0.5) is 0 Å². The fraction of sp³-hybridized carbons (Fsp3) is 0.214. The first-order valence-corrected chi connectivity index (χ1v) is 6.94. The molecule has 2 aromatic heterocycles. The Bertz CT molecular complexity index is 768. The van der Waals surface area contributed by atoms with Gasteiger partial charge in [-0.3, -0.25) is 0 Å². The Hall–Kier alpha value is -1.85. The van der Waals surface area contributed by atoms with Crippen LogP contribution >= 0.6 is 11.3 Å². The molecule has 0 aliphatic rings. The smallest absolute Gasteiger partial charge is 0.309 e. The summed E-state index contributed by atoms with van der Waals surface area (Å²) in [5.41, 5.74) is 2.66. The molecule has 19 heavy (non-hydrogen) atoms. The van der Waals surface area contributed by atoms with Gasteiger partial charge in [-0.1, -0.05) is 6.07 Å². The van der Waals surface area contributed by atoms with Gasteiger partial charge in [0.2, 0.25) is 0 Å². The molecule has 3 N–H and O–H groups in total. The standard InChI is InChI=1S/C14H15N3OS/c1-8-3-6-12(19-8)13(15-2)9-4-5-10-11(7-9)17-14(18)16-10/h3-7,13,15H,1-2H3,(H2,16,17,18). The molecular weight excluding hydrogens is 258 g/mol. The third-order valence-electron chi connectivity index (χ3n) is 3.21. The number of aryl methyl sites for hydroxylation is 1. The zero-order chi connectivity index (χ0) is 13.4. The van der Waals surface area contributed by atoms with E-state index < -0.39 is 0 Å². The van der Waals surface area contributed by atoms with Crippen molar-refractivity contribution in [3.63, 3.8) is 0 Å². The van der Waals surface area contributed by atoms with Crippen molar-refractivity contribution in [3.05, 3.63) is 56.1 Å². The van der Waals surface area contributed by atoms with Crippen molar-refractivity contribution in [3.8, 4) is 0 Å². The maximum Gasteiger partial charge on any atom is 0.323 e. The summed E-state index contributed by atoms with van der Waals surface area (Å²) >= 11 is 1.78. The molecule has 0 radical (unpaired) electrons. The largest absolute Gasteiger partial charge is 0.323 e. The fourth-order valence-corrected chi connectivity index (χ4v) is 3.33. The summed E-state index contributed by atoms with van der Waals surface area (Å²) in [5, 5.41) is 3.33. The van der Waals surface area contributed by atoms with Crippen molar-refractivity contribution in [2.75, 3.05) is 7.05 Å². The van der Waals surface area contributed by atoms with Crippen LogP contribution in [-0.4, -0.2) is 17.0 Å². The van der Waals surface area contributed by atoms with Gasteiger partial charge in [0.05, 0.1) is 17.1 Å². The Balaban J connectivity index is 2.07. The Morgan fingerprint density at radius 1 is 1.16 bits per heavy atom. The SMILES string of the molecule is CNC(c1ccc2[nH]c(=O)[nH]c2c1)c1ccc(C)s1. The van der Waals surface area contributed by atoms with Crippen LogP contribution in [0, 0.1) is 6.92 Å². The summed E-state index contributed by atoms with van der Waals surface area (Å²) in [6.45, 7) is 2.10. The monoisotopic (exact) mass is 273 g/mol. The number of fused-ring (bicyclic) bond motifs is 1. The van der Waals surface area contributed by atoms with E-state index >= 15 is 0 Å². The molecule has 0 saturated heterocycles. The highest BCUT2D eigenvalue weighted by Crippen LogP contribution is 2.29. The maximum atomic E-state index is 11.3. The molecule has 2 heterocycles. The van der Waals surface area contributed by atoms with Crippen molar-refractivity contribution in [1.29, 1.82) is 0 Å². The fourth-order valence-electron chi connectivity index (χ4n) is 2.31. The number of nitrogens with one attached hydrogen (secondary N) is 3. The molecule has 0 bridgehead atoms. The first-order valence-electron chi connectivity index (χ1n) is 6.13. The predicted molar refractivity (Wildman–Crippen MR) is 78.9 cm³/mol. The molecule has 0 saturated carbocycles. The van der Waals surface area contributed by atoms with E-state index in [4.69, 9.17) is 0 Å². The Labute approximate surface area is 114 Å². The van der Waals surface area contributed by atoms with E-state index in [0.29, 0.717) is 0 Å². The van der Waals surface area contributed by atoms with Crippen LogP contribution in [0.25, 0.3) is 11.0 Å². The molecule has 4 nitrogen and oxygen atoms in total. The quantitative estimate of drug-likeness (QED) is 0.686. The highest BCUT2D eigenvalue weighted by molar-refractivity contribution is 7.12. The summed E-state index contributed by atoms with van der Waals surface area (Å²) in [6.07, 6.45) is 0. The summed E-state index contributed by atoms with van der Waals surface area (Å²) in [5.74, 6) is 0. The molecular formula is C14H15N3OS. The van der Waals surface area contributed by atoms with Gasteiger partial charge in [0.25, 0.3) is 0 Å². The lowest BCUT2D eigenvalue weighted by Crippen LogP contribution is -2.16. The molecule has 0 fully saturated rings. The second-order valence-corrected chi connectivity index (χ2v) is 5.87. The van der Waals surface area contributed by atoms with Gasteiger partial charge in [0.1, 0.15) is 0 Å². The molecule has 1 atom stereocenters. The van der Waals surface area contributed by atoms with Crippen molar-refractivity contribution in [2.45, 2.75) is 13.0 Å². The number of benzene rings is 1. The molecule has 3 aromatic rings. The zero-order valence-corrected chi connectivity index (χ0v) is 11.6. The predicted octanol–water partition coefficient (Wildman–Crippen LogP) is 2.53. The van der Waals surface area contributed by atoms with Gasteiger partial charge >= 0.3 is 5.69 Å². The van der Waals surface area contributed by atoms with E-state index in [1.54, 1.807) is 11.3 Å². The van der Waals surface area contributed by atoms with E-state index in [9.17, 15) is 4.79 Å². The maximum absolute atomic E-state index is 11.3. The van der Waals surface area contributed by atoms with Gasteiger partial charge in [-0.2, -0.15) is 0 Å². The van der Waals surface area contributed by atoms with Crippen LogP contribution in [0.2, 0.25) is 0 Å². The number of thiophene rings is 1. The van der Waals surface area contributed by atoms with Gasteiger partial charge in [-0.25, -0.2) is 4.79 Å². The van der Waals surface area contributed by atoms with E-state index in [-0.39, 0.29) is 11.7 Å². The molecule has 0 spiro atoms. The van der Waals surface area contributed by atoms with E-state index in [2.05, 4.69) is 34.3 Å².